The number of halogens is 1. The number of likely N-dealkylation sites (tertiary alicyclic amines) is 1. The van der Waals surface area contributed by atoms with Crippen molar-refractivity contribution in [2.45, 2.75) is 18.8 Å². The van der Waals surface area contributed by atoms with Crippen molar-refractivity contribution >= 4 is 11.9 Å². The van der Waals surface area contributed by atoms with Crippen molar-refractivity contribution in [3.05, 3.63) is 71.4 Å². The van der Waals surface area contributed by atoms with Crippen LogP contribution in [0.3, 0.4) is 0 Å². The predicted octanol–water partition coefficient (Wildman–Crippen LogP) is 3.59. The summed E-state index contributed by atoms with van der Waals surface area (Å²) in [7, 11) is 0. The van der Waals surface area contributed by atoms with Crippen LogP contribution in [-0.2, 0) is 0 Å². The molecule has 0 radical (unpaired) electrons. The van der Waals surface area contributed by atoms with Gasteiger partial charge in [0.25, 0.3) is 5.91 Å². The van der Waals surface area contributed by atoms with E-state index in [4.69, 9.17) is 9.63 Å². The lowest BCUT2D eigenvalue weighted by atomic mass is 9.97. The number of aromatic nitrogens is 2. The maximum atomic E-state index is 13.4. The number of carboxylic acids is 1. The molecule has 7 nitrogen and oxygen atoms in total. The molecule has 0 spiro atoms. The second-order valence-corrected chi connectivity index (χ2v) is 6.94. The zero-order chi connectivity index (χ0) is 20.4. The summed E-state index contributed by atoms with van der Waals surface area (Å²) in [6, 6.07) is 11.8. The minimum Gasteiger partial charge on any atom is -0.478 e. The molecule has 0 unspecified atom stereocenters. The lowest BCUT2D eigenvalue weighted by Gasteiger charge is -2.31. The van der Waals surface area contributed by atoms with Crippen LogP contribution in [0, 0.1) is 5.82 Å². The fraction of sp³-hybridized carbons (Fsp3) is 0.238. The van der Waals surface area contributed by atoms with Gasteiger partial charge in [0.15, 0.2) is 0 Å². The Morgan fingerprint density at radius 1 is 1.14 bits per heavy atom. The molecule has 0 saturated carbocycles. The second-order valence-electron chi connectivity index (χ2n) is 6.94. The van der Waals surface area contributed by atoms with E-state index in [1.54, 1.807) is 17.0 Å². The Balaban J connectivity index is 1.48. The van der Waals surface area contributed by atoms with Gasteiger partial charge >= 0.3 is 5.97 Å². The van der Waals surface area contributed by atoms with Gasteiger partial charge in [-0.2, -0.15) is 4.98 Å². The largest absolute Gasteiger partial charge is 0.478 e. The Morgan fingerprint density at radius 3 is 2.62 bits per heavy atom. The Labute approximate surface area is 165 Å². The van der Waals surface area contributed by atoms with Gasteiger partial charge in [-0.05, 0) is 49.2 Å². The molecule has 1 N–H and O–H groups in total. The Morgan fingerprint density at radius 2 is 1.90 bits per heavy atom. The molecule has 8 heteroatoms. The minimum atomic E-state index is -1.03. The van der Waals surface area contributed by atoms with Crippen molar-refractivity contribution in [2.24, 2.45) is 0 Å². The van der Waals surface area contributed by atoms with E-state index in [1.165, 1.54) is 36.4 Å². The lowest BCUT2D eigenvalue weighted by Crippen LogP contribution is -2.39. The van der Waals surface area contributed by atoms with Crippen molar-refractivity contribution in [3.63, 3.8) is 0 Å². The summed E-state index contributed by atoms with van der Waals surface area (Å²) < 4.78 is 18.8. The molecular weight excluding hydrogens is 377 g/mol. The molecule has 29 heavy (non-hydrogen) atoms. The third kappa shape index (κ3) is 4.01. The first-order chi connectivity index (χ1) is 14.0. The molecule has 1 amide bonds. The monoisotopic (exact) mass is 395 g/mol. The first kappa shape index (κ1) is 18.8. The average Bonchev–Trinajstić information content (AvgIpc) is 3.24. The van der Waals surface area contributed by atoms with Crippen molar-refractivity contribution < 1.29 is 23.6 Å². The van der Waals surface area contributed by atoms with Gasteiger partial charge in [-0.15, -0.1) is 0 Å². The van der Waals surface area contributed by atoms with Gasteiger partial charge in [0.2, 0.25) is 11.7 Å². The van der Waals surface area contributed by atoms with Crippen molar-refractivity contribution in [1.82, 2.24) is 15.0 Å². The molecule has 1 aliphatic rings. The maximum Gasteiger partial charge on any atom is 0.335 e. The molecule has 1 atom stereocenters. The van der Waals surface area contributed by atoms with Gasteiger partial charge in [0.05, 0.1) is 11.5 Å². The summed E-state index contributed by atoms with van der Waals surface area (Å²) in [6.45, 7) is 1.02. The third-order valence-electron chi connectivity index (χ3n) is 4.96. The smallest absolute Gasteiger partial charge is 0.335 e. The fourth-order valence-electron chi connectivity index (χ4n) is 3.45. The van der Waals surface area contributed by atoms with E-state index >= 15 is 0 Å². The summed E-state index contributed by atoms with van der Waals surface area (Å²) in [5.41, 5.74) is 1.10. The summed E-state index contributed by atoms with van der Waals surface area (Å²) in [5.74, 6) is -0.961. The number of carboxylic acid groups (broad SMARTS) is 1. The highest BCUT2D eigenvalue weighted by molar-refractivity contribution is 5.96. The van der Waals surface area contributed by atoms with Crippen molar-refractivity contribution in [2.75, 3.05) is 13.1 Å². The third-order valence-corrected chi connectivity index (χ3v) is 4.96. The molecule has 0 bridgehead atoms. The molecule has 1 fully saturated rings. The normalized spacial score (nSPS) is 16.6. The second kappa shape index (κ2) is 7.83. The summed E-state index contributed by atoms with van der Waals surface area (Å²) in [5, 5.41) is 12.9. The van der Waals surface area contributed by atoms with E-state index in [0.717, 1.165) is 12.8 Å². The quantitative estimate of drug-likeness (QED) is 0.725. The Bertz CT molecular complexity index is 1050. The number of hydrogen-bond acceptors (Lipinski definition) is 5. The number of carbonyl (C=O) groups excluding carboxylic acids is 1. The molecule has 3 aromatic rings. The van der Waals surface area contributed by atoms with Crippen LogP contribution in [-0.4, -0.2) is 45.1 Å². The standard InChI is InChI=1S/C21H18FN3O4/c22-17-5-1-3-15(11-17)18-23-19(29-24-18)16-4-2-10-25(12-16)20(26)13-6-8-14(9-7-13)21(27)28/h1,3,5-9,11,16H,2,4,10,12H2,(H,27,28)/t16-/m1/s1. The van der Waals surface area contributed by atoms with Gasteiger partial charge in [-0.25, -0.2) is 9.18 Å². The molecule has 1 aromatic heterocycles. The van der Waals surface area contributed by atoms with Crippen LogP contribution in [0.2, 0.25) is 0 Å². The van der Waals surface area contributed by atoms with Crippen molar-refractivity contribution in [1.29, 1.82) is 0 Å². The van der Waals surface area contributed by atoms with Crippen LogP contribution in [0.1, 0.15) is 45.4 Å². The molecule has 0 aliphatic carbocycles. The summed E-state index contributed by atoms with van der Waals surface area (Å²) >= 11 is 0. The number of benzene rings is 2. The molecule has 2 aromatic carbocycles. The number of piperidine rings is 1. The average molecular weight is 395 g/mol. The molecule has 148 valence electrons. The zero-order valence-electron chi connectivity index (χ0n) is 15.4. The van der Waals surface area contributed by atoms with Crippen LogP contribution in [0.25, 0.3) is 11.4 Å². The van der Waals surface area contributed by atoms with Gasteiger partial charge in [0, 0.05) is 24.2 Å². The maximum absolute atomic E-state index is 13.4. The molecule has 1 aliphatic heterocycles. The van der Waals surface area contributed by atoms with Gasteiger partial charge in [-0.1, -0.05) is 17.3 Å². The molecule has 1 saturated heterocycles. The molecule has 2 heterocycles. The number of rotatable bonds is 4. The van der Waals surface area contributed by atoms with Gasteiger partial charge < -0.3 is 14.5 Å². The molecule has 4 rings (SSSR count). The lowest BCUT2D eigenvalue weighted by molar-refractivity contribution is 0.0682. The Kier molecular flexibility index (Phi) is 5.07. The predicted molar refractivity (Wildman–Crippen MR) is 101 cm³/mol. The SMILES string of the molecule is O=C(O)c1ccc(C(=O)N2CCC[C@@H](c3nc(-c4cccc(F)c4)no3)C2)cc1. The van der Waals surface area contributed by atoms with E-state index < -0.39 is 5.97 Å². The first-order valence-electron chi connectivity index (χ1n) is 9.23. The van der Waals surface area contributed by atoms with Gasteiger partial charge in [0.1, 0.15) is 5.82 Å². The topological polar surface area (TPSA) is 96.5 Å². The first-order valence-corrected chi connectivity index (χ1v) is 9.23. The van der Waals surface area contributed by atoms with Crippen LogP contribution in [0.15, 0.2) is 53.1 Å². The van der Waals surface area contributed by atoms with Crippen LogP contribution < -0.4 is 0 Å². The van der Waals surface area contributed by atoms with Crippen LogP contribution in [0.4, 0.5) is 4.39 Å². The Hall–Kier alpha value is -3.55. The zero-order valence-corrected chi connectivity index (χ0v) is 15.4. The highest BCUT2D eigenvalue weighted by Crippen LogP contribution is 2.28. The summed E-state index contributed by atoms with van der Waals surface area (Å²) in [4.78, 5) is 29.9. The minimum absolute atomic E-state index is 0.110. The number of carbonyl (C=O) groups is 2. The van der Waals surface area contributed by atoms with E-state index in [9.17, 15) is 14.0 Å². The van der Waals surface area contributed by atoms with E-state index in [1.807, 2.05) is 0 Å². The van der Waals surface area contributed by atoms with Crippen molar-refractivity contribution in [3.8, 4) is 11.4 Å². The fourth-order valence-corrected chi connectivity index (χ4v) is 3.45. The number of nitrogens with zero attached hydrogens (tertiary/aromatic N) is 3. The van der Waals surface area contributed by atoms with Gasteiger partial charge in [-0.3, -0.25) is 4.79 Å². The van der Waals surface area contributed by atoms with E-state index in [2.05, 4.69) is 10.1 Å². The number of amides is 1. The van der Waals surface area contributed by atoms with Crippen LogP contribution in [0.5, 0.6) is 0 Å². The number of aromatic carboxylic acids is 1. The molecular formula is C21H18FN3O4. The summed E-state index contributed by atoms with van der Waals surface area (Å²) in [6.07, 6.45) is 1.58. The number of hydrogen-bond donors (Lipinski definition) is 1. The van der Waals surface area contributed by atoms with E-state index in [-0.39, 0.29) is 23.2 Å². The van der Waals surface area contributed by atoms with Crippen LogP contribution >= 0.6 is 0 Å². The highest BCUT2D eigenvalue weighted by Gasteiger charge is 2.29. The van der Waals surface area contributed by atoms with E-state index in [0.29, 0.717) is 35.9 Å². The highest BCUT2D eigenvalue weighted by atomic mass is 19.1.